The van der Waals surface area contributed by atoms with Crippen LogP contribution in [0, 0.1) is 0 Å². The van der Waals surface area contributed by atoms with E-state index in [0.29, 0.717) is 25.0 Å². The lowest BCUT2D eigenvalue weighted by Gasteiger charge is -2.00. The van der Waals surface area contributed by atoms with Crippen LogP contribution in [0.4, 0.5) is 0 Å². The van der Waals surface area contributed by atoms with Gasteiger partial charge in [0.25, 0.3) is 0 Å². The van der Waals surface area contributed by atoms with Crippen molar-refractivity contribution < 1.29 is 9.59 Å². The largest absolute Gasteiger partial charge is 0.303 e. The van der Waals surface area contributed by atoms with Crippen LogP contribution in [-0.2, 0) is 9.59 Å². The molecule has 17 heavy (non-hydrogen) atoms. The van der Waals surface area contributed by atoms with Gasteiger partial charge < -0.3 is 4.79 Å². The van der Waals surface area contributed by atoms with Crippen molar-refractivity contribution in [2.45, 2.75) is 71.1 Å². The van der Waals surface area contributed by atoms with Gasteiger partial charge in [0, 0.05) is 19.3 Å². The quantitative estimate of drug-likeness (QED) is 0.289. The lowest BCUT2D eigenvalue weighted by Crippen LogP contribution is -1.97. The van der Waals surface area contributed by atoms with E-state index in [1.807, 2.05) is 0 Å². The van der Waals surface area contributed by atoms with Gasteiger partial charge >= 0.3 is 0 Å². The highest BCUT2D eigenvalue weighted by Crippen LogP contribution is 2.09. The summed E-state index contributed by atoms with van der Waals surface area (Å²) in [6, 6.07) is 0. The van der Waals surface area contributed by atoms with Gasteiger partial charge in [0.2, 0.25) is 0 Å². The van der Waals surface area contributed by atoms with E-state index in [1.54, 1.807) is 0 Å². The Kier molecular flexibility index (Phi) is 12.4. The first-order chi connectivity index (χ1) is 8.31. The second-order valence-corrected chi connectivity index (χ2v) is 4.47. The summed E-state index contributed by atoms with van der Waals surface area (Å²) >= 11 is 0. The monoisotopic (exact) mass is 238 g/mol. The Hall–Kier alpha value is -0.920. The third-order valence-electron chi connectivity index (χ3n) is 2.84. The third kappa shape index (κ3) is 13.0. The zero-order valence-electron chi connectivity index (χ0n) is 11.1. The first-order valence-electron chi connectivity index (χ1n) is 6.87. The average Bonchev–Trinajstić information content (AvgIpc) is 2.33. The van der Waals surface area contributed by atoms with Crippen molar-refractivity contribution in [3.8, 4) is 0 Å². The Balaban J connectivity index is 3.16. The Labute approximate surface area is 105 Å². The number of ketones is 1. The standard InChI is InChI=1S/C15H26O2/c1-2-3-4-5-6-7-8-9-12-15(17)13-10-11-14-16/h2-3,14H,4-13H2,1H3. The normalized spacial score (nSPS) is 10.9. The van der Waals surface area contributed by atoms with Gasteiger partial charge in [-0.1, -0.05) is 31.4 Å². The number of Topliss-reactive ketones (excluding diaryl/α,β-unsaturated/α-hetero) is 1. The lowest BCUT2D eigenvalue weighted by molar-refractivity contribution is -0.119. The van der Waals surface area contributed by atoms with E-state index in [1.165, 1.54) is 25.7 Å². The second kappa shape index (κ2) is 13.1. The molecule has 98 valence electrons. The predicted molar refractivity (Wildman–Crippen MR) is 72.1 cm³/mol. The molecule has 0 radical (unpaired) electrons. The molecule has 0 aromatic heterocycles. The number of unbranched alkanes of at least 4 members (excludes halogenated alkanes) is 6. The first-order valence-corrected chi connectivity index (χ1v) is 6.87. The molecule has 0 rings (SSSR count). The molecule has 2 nitrogen and oxygen atoms in total. The van der Waals surface area contributed by atoms with Gasteiger partial charge in [-0.3, -0.25) is 4.79 Å². The molecular weight excluding hydrogens is 212 g/mol. The van der Waals surface area contributed by atoms with Crippen LogP contribution in [-0.4, -0.2) is 12.1 Å². The second-order valence-electron chi connectivity index (χ2n) is 4.47. The predicted octanol–water partition coefficient (Wildman–Crippen LogP) is 4.23. The van der Waals surface area contributed by atoms with E-state index in [0.717, 1.165) is 25.5 Å². The molecular formula is C15H26O2. The van der Waals surface area contributed by atoms with Crippen molar-refractivity contribution in [1.82, 2.24) is 0 Å². The SMILES string of the molecule is CC=CCCCCCCCC(=O)CCCC=O. The number of hydrogen-bond acceptors (Lipinski definition) is 2. The van der Waals surface area contributed by atoms with Gasteiger partial charge in [-0.05, 0) is 32.6 Å². The summed E-state index contributed by atoms with van der Waals surface area (Å²) in [4.78, 5) is 21.4. The van der Waals surface area contributed by atoms with Crippen molar-refractivity contribution in [3.63, 3.8) is 0 Å². The van der Waals surface area contributed by atoms with Gasteiger partial charge in [-0.25, -0.2) is 0 Å². The number of carbonyl (C=O) groups is 2. The smallest absolute Gasteiger partial charge is 0.132 e. The van der Waals surface area contributed by atoms with E-state index in [2.05, 4.69) is 19.1 Å². The highest BCUT2D eigenvalue weighted by atomic mass is 16.1. The zero-order chi connectivity index (χ0) is 12.8. The number of rotatable bonds is 12. The minimum Gasteiger partial charge on any atom is -0.303 e. The van der Waals surface area contributed by atoms with Crippen LogP contribution in [0.5, 0.6) is 0 Å². The summed E-state index contributed by atoms with van der Waals surface area (Å²) in [6.07, 6.45) is 14.9. The van der Waals surface area contributed by atoms with Crippen molar-refractivity contribution in [2.24, 2.45) is 0 Å². The fourth-order valence-electron chi connectivity index (χ4n) is 1.79. The molecule has 0 unspecified atom stereocenters. The molecule has 0 aliphatic carbocycles. The number of hydrogen-bond donors (Lipinski definition) is 0. The number of carbonyl (C=O) groups excluding carboxylic acids is 2. The molecule has 0 spiro atoms. The molecule has 0 aromatic carbocycles. The van der Waals surface area contributed by atoms with Crippen molar-refractivity contribution in [2.75, 3.05) is 0 Å². The van der Waals surface area contributed by atoms with Crippen molar-refractivity contribution >= 4 is 12.1 Å². The van der Waals surface area contributed by atoms with Gasteiger partial charge in [-0.2, -0.15) is 0 Å². The molecule has 0 saturated heterocycles. The van der Waals surface area contributed by atoms with Gasteiger partial charge in [0.05, 0.1) is 0 Å². The van der Waals surface area contributed by atoms with E-state index in [9.17, 15) is 9.59 Å². The lowest BCUT2D eigenvalue weighted by atomic mass is 10.0. The van der Waals surface area contributed by atoms with Crippen LogP contribution < -0.4 is 0 Å². The number of allylic oxidation sites excluding steroid dienone is 2. The summed E-state index contributed by atoms with van der Waals surface area (Å²) < 4.78 is 0. The molecule has 2 heteroatoms. The fraction of sp³-hybridized carbons (Fsp3) is 0.733. The molecule has 0 atom stereocenters. The third-order valence-corrected chi connectivity index (χ3v) is 2.84. The van der Waals surface area contributed by atoms with Gasteiger partial charge in [-0.15, -0.1) is 0 Å². The Bertz CT molecular complexity index is 219. The van der Waals surface area contributed by atoms with Crippen LogP contribution in [0.1, 0.15) is 71.1 Å². The summed E-state index contributed by atoms with van der Waals surface area (Å²) in [6.45, 7) is 2.05. The Morgan fingerprint density at radius 3 is 2.24 bits per heavy atom. The van der Waals surface area contributed by atoms with E-state index in [4.69, 9.17) is 0 Å². The minimum atomic E-state index is 0.320. The van der Waals surface area contributed by atoms with Crippen LogP contribution in [0.2, 0.25) is 0 Å². The average molecular weight is 238 g/mol. The molecule has 0 aromatic rings. The zero-order valence-corrected chi connectivity index (χ0v) is 11.1. The van der Waals surface area contributed by atoms with Crippen LogP contribution in [0.15, 0.2) is 12.2 Å². The molecule has 0 N–H and O–H groups in total. The maximum absolute atomic E-state index is 11.4. The minimum absolute atomic E-state index is 0.320. The van der Waals surface area contributed by atoms with Crippen LogP contribution >= 0.6 is 0 Å². The molecule has 0 bridgehead atoms. The van der Waals surface area contributed by atoms with Crippen molar-refractivity contribution in [3.05, 3.63) is 12.2 Å². The highest BCUT2D eigenvalue weighted by Gasteiger charge is 2.01. The molecule has 0 heterocycles. The summed E-state index contributed by atoms with van der Waals surface area (Å²) in [5, 5.41) is 0. The maximum Gasteiger partial charge on any atom is 0.132 e. The van der Waals surface area contributed by atoms with Gasteiger partial charge in [0.15, 0.2) is 0 Å². The number of aldehydes is 1. The molecule has 0 aliphatic heterocycles. The van der Waals surface area contributed by atoms with Gasteiger partial charge in [0.1, 0.15) is 12.1 Å². The maximum atomic E-state index is 11.4. The Morgan fingerprint density at radius 1 is 0.882 bits per heavy atom. The molecule has 0 aliphatic rings. The first kappa shape index (κ1) is 16.1. The van der Waals surface area contributed by atoms with E-state index >= 15 is 0 Å². The summed E-state index contributed by atoms with van der Waals surface area (Å²) in [7, 11) is 0. The molecule has 0 amide bonds. The van der Waals surface area contributed by atoms with E-state index in [-0.39, 0.29) is 0 Å². The summed E-state index contributed by atoms with van der Waals surface area (Å²) in [5.41, 5.74) is 0. The van der Waals surface area contributed by atoms with E-state index < -0.39 is 0 Å². The fourth-order valence-corrected chi connectivity index (χ4v) is 1.79. The topological polar surface area (TPSA) is 34.1 Å². The van der Waals surface area contributed by atoms with Crippen molar-refractivity contribution in [1.29, 1.82) is 0 Å². The molecule has 0 saturated carbocycles. The summed E-state index contributed by atoms with van der Waals surface area (Å²) in [5.74, 6) is 0.320. The highest BCUT2D eigenvalue weighted by molar-refractivity contribution is 5.78. The van der Waals surface area contributed by atoms with Crippen LogP contribution in [0.25, 0.3) is 0 Å². The van der Waals surface area contributed by atoms with Crippen LogP contribution in [0.3, 0.4) is 0 Å². The molecule has 0 fully saturated rings. The Morgan fingerprint density at radius 2 is 1.53 bits per heavy atom.